The van der Waals surface area contributed by atoms with E-state index in [0.717, 1.165) is 34.7 Å². The number of hydrogen-bond donors (Lipinski definition) is 1. The van der Waals surface area contributed by atoms with Crippen LogP contribution >= 0.6 is 0 Å². The first-order chi connectivity index (χ1) is 12.4. The maximum absolute atomic E-state index is 12.8. The second-order valence-corrected chi connectivity index (χ2v) is 8.80. The van der Waals surface area contributed by atoms with Gasteiger partial charge in [-0.25, -0.2) is 8.42 Å². The number of benzene rings is 2. The molecule has 0 aromatic heterocycles. The van der Waals surface area contributed by atoms with Gasteiger partial charge in [-0.05, 0) is 29.8 Å². The summed E-state index contributed by atoms with van der Waals surface area (Å²) in [5.74, 6) is -0.132. The number of sulfonamides is 1. The summed E-state index contributed by atoms with van der Waals surface area (Å²) in [5, 5.41) is 1.86. The van der Waals surface area contributed by atoms with E-state index in [1.165, 1.54) is 11.9 Å². The van der Waals surface area contributed by atoms with Gasteiger partial charge in [0.2, 0.25) is 15.9 Å². The maximum Gasteiger partial charge on any atom is 0.243 e. The van der Waals surface area contributed by atoms with Gasteiger partial charge >= 0.3 is 0 Å². The van der Waals surface area contributed by atoms with Gasteiger partial charge in [0.15, 0.2) is 0 Å². The van der Waals surface area contributed by atoms with Gasteiger partial charge in [-0.3, -0.25) is 4.79 Å². The fourth-order valence-corrected chi connectivity index (χ4v) is 4.47. The van der Waals surface area contributed by atoms with Crippen molar-refractivity contribution in [1.82, 2.24) is 9.21 Å². The van der Waals surface area contributed by atoms with E-state index >= 15 is 0 Å². The van der Waals surface area contributed by atoms with Crippen LogP contribution < -0.4 is 4.90 Å². The van der Waals surface area contributed by atoms with E-state index in [1.54, 1.807) is 23.1 Å². The van der Waals surface area contributed by atoms with Crippen LogP contribution in [0.15, 0.2) is 47.4 Å². The molecule has 26 heavy (non-hydrogen) atoms. The van der Waals surface area contributed by atoms with Crippen LogP contribution in [0.25, 0.3) is 10.8 Å². The number of fused-ring (bicyclic) bond motifs is 1. The number of carbonyl (C=O) groups is 1. The molecular formula is C19H26N3O3S+. The van der Waals surface area contributed by atoms with Crippen molar-refractivity contribution in [2.45, 2.75) is 11.8 Å². The van der Waals surface area contributed by atoms with Crippen LogP contribution in [-0.4, -0.2) is 69.8 Å². The number of likely N-dealkylation sites (N-methyl/N-ethyl adjacent to an activating group) is 2. The Balaban J connectivity index is 1.71. The predicted octanol–water partition coefficient (Wildman–Crippen LogP) is 0.207. The number of piperazine rings is 1. The topological polar surface area (TPSA) is 62.1 Å². The molecule has 0 bridgehead atoms. The van der Waals surface area contributed by atoms with Crippen LogP contribution in [0.2, 0.25) is 0 Å². The summed E-state index contributed by atoms with van der Waals surface area (Å²) < 4.78 is 26.8. The minimum Gasteiger partial charge on any atom is -0.332 e. The molecule has 2 aromatic carbocycles. The smallest absolute Gasteiger partial charge is 0.243 e. The van der Waals surface area contributed by atoms with E-state index in [4.69, 9.17) is 0 Å². The van der Waals surface area contributed by atoms with Gasteiger partial charge < -0.3 is 9.80 Å². The first-order valence-corrected chi connectivity index (χ1v) is 10.4. The normalized spacial score (nSPS) is 16.3. The maximum atomic E-state index is 12.8. The van der Waals surface area contributed by atoms with Crippen molar-refractivity contribution >= 4 is 26.7 Å². The van der Waals surface area contributed by atoms with Gasteiger partial charge in [0.25, 0.3) is 0 Å². The fourth-order valence-electron chi connectivity index (χ4n) is 3.31. The molecule has 1 amide bonds. The zero-order valence-electron chi connectivity index (χ0n) is 15.3. The summed E-state index contributed by atoms with van der Waals surface area (Å²) >= 11 is 0. The van der Waals surface area contributed by atoms with E-state index in [2.05, 4.69) is 6.92 Å². The van der Waals surface area contributed by atoms with E-state index in [9.17, 15) is 13.2 Å². The van der Waals surface area contributed by atoms with Crippen molar-refractivity contribution < 1.29 is 18.1 Å². The van der Waals surface area contributed by atoms with E-state index in [1.807, 2.05) is 24.3 Å². The first kappa shape index (κ1) is 18.8. The monoisotopic (exact) mass is 376 g/mol. The molecule has 1 fully saturated rings. The Morgan fingerprint density at radius 1 is 1.12 bits per heavy atom. The van der Waals surface area contributed by atoms with Crippen LogP contribution in [0, 0.1) is 0 Å². The van der Waals surface area contributed by atoms with Gasteiger partial charge in [0.1, 0.15) is 0 Å². The third-order valence-corrected chi connectivity index (χ3v) is 6.91. The zero-order chi connectivity index (χ0) is 18.7. The molecule has 0 spiro atoms. The Hall–Kier alpha value is -1.96. The summed E-state index contributed by atoms with van der Waals surface area (Å²) in [7, 11) is -2.23. The van der Waals surface area contributed by atoms with Crippen LogP contribution in [0.1, 0.15) is 6.92 Å². The average molecular weight is 377 g/mol. The first-order valence-electron chi connectivity index (χ1n) is 8.98. The third-order valence-electron chi connectivity index (χ3n) is 5.11. The summed E-state index contributed by atoms with van der Waals surface area (Å²) in [6.07, 6.45) is 0. The highest BCUT2D eigenvalue weighted by Crippen LogP contribution is 2.21. The molecule has 0 aliphatic carbocycles. The summed E-state index contributed by atoms with van der Waals surface area (Å²) in [5.41, 5.74) is 0. The lowest BCUT2D eigenvalue weighted by atomic mass is 10.1. The van der Waals surface area contributed by atoms with Gasteiger partial charge in [0, 0.05) is 7.05 Å². The molecule has 1 aliphatic rings. The standard InChI is InChI=1S/C19H25N3O3S/c1-3-21-10-12-22(13-11-21)19(23)15-20(2)26(24,25)18-9-8-16-6-4-5-7-17(16)14-18/h4-9,14H,3,10-13,15H2,1-2H3/p+1. The SMILES string of the molecule is CC[NH+]1CCN(C(=O)CN(C)S(=O)(=O)c2ccc3ccccc3c2)CC1. The second kappa shape index (κ2) is 7.73. The molecule has 2 aromatic rings. The molecular weight excluding hydrogens is 350 g/mol. The molecule has 0 atom stereocenters. The highest BCUT2D eigenvalue weighted by molar-refractivity contribution is 7.89. The summed E-state index contributed by atoms with van der Waals surface area (Å²) in [4.78, 5) is 16.0. The van der Waals surface area contributed by atoms with Crippen molar-refractivity contribution in [3.05, 3.63) is 42.5 Å². The molecule has 1 aliphatic heterocycles. The van der Waals surface area contributed by atoms with Crippen molar-refractivity contribution in [3.63, 3.8) is 0 Å². The van der Waals surface area contributed by atoms with Gasteiger partial charge in [-0.15, -0.1) is 0 Å². The highest BCUT2D eigenvalue weighted by Gasteiger charge is 2.28. The molecule has 0 radical (unpaired) electrons. The predicted molar refractivity (Wildman–Crippen MR) is 102 cm³/mol. The fraction of sp³-hybridized carbons (Fsp3) is 0.421. The highest BCUT2D eigenvalue weighted by atomic mass is 32.2. The molecule has 0 saturated carbocycles. The van der Waals surface area contributed by atoms with Crippen LogP contribution in [0.4, 0.5) is 0 Å². The van der Waals surface area contributed by atoms with Crippen molar-refractivity contribution in [2.75, 3.05) is 46.3 Å². The van der Waals surface area contributed by atoms with Gasteiger partial charge in [-0.2, -0.15) is 4.31 Å². The van der Waals surface area contributed by atoms with E-state index in [0.29, 0.717) is 13.1 Å². The number of quaternary nitrogens is 1. The van der Waals surface area contributed by atoms with Crippen LogP contribution in [0.3, 0.4) is 0 Å². The zero-order valence-corrected chi connectivity index (χ0v) is 16.1. The lowest BCUT2D eigenvalue weighted by Gasteiger charge is -2.32. The Kier molecular flexibility index (Phi) is 5.60. The number of carbonyl (C=O) groups excluding carboxylic acids is 1. The lowest BCUT2D eigenvalue weighted by molar-refractivity contribution is -0.902. The summed E-state index contributed by atoms with van der Waals surface area (Å²) in [6.45, 7) is 6.27. The minimum atomic E-state index is -3.70. The second-order valence-electron chi connectivity index (χ2n) is 6.75. The van der Waals surface area contributed by atoms with Crippen LogP contribution in [0.5, 0.6) is 0 Å². The number of amides is 1. The lowest BCUT2D eigenvalue weighted by Crippen LogP contribution is -3.14. The number of rotatable bonds is 5. The number of hydrogen-bond acceptors (Lipinski definition) is 3. The molecule has 7 heteroatoms. The molecule has 1 saturated heterocycles. The van der Waals surface area contributed by atoms with Crippen molar-refractivity contribution in [3.8, 4) is 0 Å². The Labute approximate surface area is 155 Å². The van der Waals surface area contributed by atoms with E-state index < -0.39 is 10.0 Å². The van der Waals surface area contributed by atoms with E-state index in [-0.39, 0.29) is 17.3 Å². The van der Waals surface area contributed by atoms with Gasteiger partial charge in [-0.1, -0.05) is 30.3 Å². The third kappa shape index (κ3) is 3.90. The Morgan fingerprint density at radius 2 is 1.77 bits per heavy atom. The number of nitrogens with zero attached hydrogens (tertiary/aromatic N) is 2. The average Bonchev–Trinajstić information content (AvgIpc) is 2.67. The van der Waals surface area contributed by atoms with Crippen molar-refractivity contribution in [2.24, 2.45) is 0 Å². The van der Waals surface area contributed by atoms with Gasteiger partial charge in [0.05, 0.1) is 44.2 Å². The molecule has 140 valence electrons. The van der Waals surface area contributed by atoms with Crippen LogP contribution in [-0.2, 0) is 14.8 Å². The largest absolute Gasteiger partial charge is 0.332 e. The van der Waals surface area contributed by atoms with Crippen molar-refractivity contribution in [1.29, 1.82) is 0 Å². The number of nitrogens with one attached hydrogen (secondary N) is 1. The molecule has 3 rings (SSSR count). The summed E-state index contributed by atoms with van der Waals surface area (Å²) in [6, 6.07) is 12.7. The molecule has 1 heterocycles. The quantitative estimate of drug-likeness (QED) is 0.811. The minimum absolute atomic E-state index is 0.128. The molecule has 1 N–H and O–H groups in total. The molecule has 0 unspecified atom stereocenters. The molecule has 6 nitrogen and oxygen atoms in total. The Morgan fingerprint density at radius 3 is 2.42 bits per heavy atom. The Bertz CT molecular complexity index is 890.